The molecule has 8 nitrogen and oxygen atoms in total. The lowest BCUT2D eigenvalue weighted by molar-refractivity contribution is -0.870. The summed E-state index contributed by atoms with van der Waals surface area (Å²) in [5.74, 6) is -0.363. The van der Waals surface area contributed by atoms with Gasteiger partial charge in [0.2, 0.25) is 0 Å². The van der Waals surface area contributed by atoms with Crippen molar-refractivity contribution < 1.29 is 37.3 Å². The molecule has 9 heteroatoms. The first-order valence-electron chi connectivity index (χ1n) is 25.5. The molecule has 0 aliphatic heterocycles. The molecule has 0 aliphatic rings. The Morgan fingerprint density at radius 3 is 1.36 bits per heavy atom. The van der Waals surface area contributed by atoms with E-state index in [0.29, 0.717) is 17.6 Å². The van der Waals surface area contributed by atoms with Gasteiger partial charge in [-0.15, -0.1) is 0 Å². The monoisotopic (exact) mass is 914 g/mol. The van der Waals surface area contributed by atoms with Gasteiger partial charge in [-0.1, -0.05) is 182 Å². The highest BCUT2D eigenvalue weighted by molar-refractivity contribution is 7.45. The summed E-state index contributed by atoms with van der Waals surface area (Å²) in [6.07, 6.45) is 64.3. The van der Waals surface area contributed by atoms with Gasteiger partial charge in [-0.2, -0.15) is 0 Å². The summed E-state index contributed by atoms with van der Waals surface area (Å²) < 4.78 is 34.7. The molecule has 2 atom stereocenters. The van der Waals surface area contributed by atoms with Gasteiger partial charge < -0.3 is 27.9 Å². The Morgan fingerprint density at radius 2 is 0.906 bits per heavy atom. The Morgan fingerprint density at radius 1 is 0.500 bits per heavy atom. The molecule has 0 radical (unpaired) electrons. The number of carbonyl (C=O) groups is 1. The van der Waals surface area contributed by atoms with Crippen molar-refractivity contribution in [3.8, 4) is 0 Å². The molecule has 0 amide bonds. The van der Waals surface area contributed by atoms with Gasteiger partial charge in [-0.3, -0.25) is 9.36 Å². The molecule has 0 rings (SSSR count). The number of rotatable bonds is 46. The number of allylic oxidation sites excluding steroid dienone is 16. The Labute approximate surface area is 394 Å². The number of likely N-dealkylation sites (N-methyl/N-ethyl adjacent to an activating group) is 1. The van der Waals surface area contributed by atoms with E-state index in [1.165, 1.54) is 77.0 Å². The van der Waals surface area contributed by atoms with E-state index in [4.69, 9.17) is 18.5 Å². The van der Waals surface area contributed by atoms with Gasteiger partial charge in [0, 0.05) is 13.0 Å². The van der Waals surface area contributed by atoms with Crippen molar-refractivity contribution in [3.05, 3.63) is 97.2 Å². The summed E-state index contributed by atoms with van der Waals surface area (Å²) in [7, 11) is 1.32. The Kier molecular flexibility index (Phi) is 45.0. The highest BCUT2D eigenvalue weighted by Crippen LogP contribution is 2.38. The van der Waals surface area contributed by atoms with E-state index >= 15 is 0 Å². The van der Waals surface area contributed by atoms with Crippen molar-refractivity contribution in [2.24, 2.45) is 0 Å². The van der Waals surface area contributed by atoms with E-state index in [1.54, 1.807) is 0 Å². The Bertz CT molecular complexity index is 1340. The molecule has 0 saturated heterocycles. The van der Waals surface area contributed by atoms with Crippen LogP contribution >= 0.6 is 7.82 Å². The minimum absolute atomic E-state index is 0.0140. The van der Waals surface area contributed by atoms with Crippen LogP contribution in [0.5, 0.6) is 0 Å². The zero-order valence-electron chi connectivity index (χ0n) is 41.7. The summed E-state index contributed by atoms with van der Waals surface area (Å²) in [5, 5.41) is 0. The number of hydrogen-bond donors (Lipinski definition) is 0. The van der Waals surface area contributed by atoms with E-state index in [-0.39, 0.29) is 32.2 Å². The van der Waals surface area contributed by atoms with Crippen LogP contribution in [0, 0.1) is 0 Å². The number of unbranched alkanes of at least 4 members (excludes halogenated alkanes) is 16. The highest BCUT2D eigenvalue weighted by atomic mass is 31.2. The lowest BCUT2D eigenvalue weighted by atomic mass is 10.1. The van der Waals surface area contributed by atoms with Crippen molar-refractivity contribution in [1.82, 2.24) is 0 Å². The van der Waals surface area contributed by atoms with E-state index in [0.717, 1.165) is 89.9 Å². The second-order valence-electron chi connectivity index (χ2n) is 17.8. The standard InChI is InChI=1S/C55H96NO7P/c1-6-8-10-12-14-16-18-20-22-24-26-27-28-29-30-32-34-36-38-40-42-44-46-48-55(57)63-54(53-62-64(58,59)61-51-49-56(3,4)5)52-60-50-47-45-43-41-39-37-35-33-31-25-23-21-19-17-15-13-11-9-7-2/h8,10,14,16-17,19-20,22-23,25-27,29-30,34,36,54H,6-7,9,11-13,15,18,21,24,28,31-33,35,37-53H2,1-5H3/b10-8-,16-14-,19-17-,22-20-,25-23-,27-26-,30-29-,36-34-. The fraction of sp³-hybridized carbons (Fsp3) is 0.691. The normalized spacial score (nSPS) is 14.4. The van der Waals surface area contributed by atoms with Crippen molar-refractivity contribution in [2.75, 3.05) is 54.1 Å². The van der Waals surface area contributed by atoms with Crippen LogP contribution in [0.2, 0.25) is 0 Å². The second kappa shape index (κ2) is 46.9. The van der Waals surface area contributed by atoms with Gasteiger partial charge in [-0.25, -0.2) is 0 Å². The number of phosphoric ester groups is 1. The maximum absolute atomic E-state index is 12.7. The Hall–Kier alpha value is -2.58. The van der Waals surface area contributed by atoms with Crippen molar-refractivity contribution in [1.29, 1.82) is 0 Å². The lowest BCUT2D eigenvalue weighted by Crippen LogP contribution is -2.37. The van der Waals surface area contributed by atoms with Crippen LogP contribution in [0.4, 0.5) is 0 Å². The van der Waals surface area contributed by atoms with Crippen LogP contribution in [0.1, 0.15) is 187 Å². The second-order valence-corrected chi connectivity index (χ2v) is 19.2. The number of ether oxygens (including phenoxy) is 2. The number of carbonyl (C=O) groups excluding carboxylic acids is 1. The van der Waals surface area contributed by atoms with Gasteiger partial charge in [0.15, 0.2) is 0 Å². The fourth-order valence-corrected chi connectivity index (χ4v) is 7.19. The van der Waals surface area contributed by atoms with Crippen molar-refractivity contribution >= 4 is 13.8 Å². The zero-order valence-corrected chi connectivity index (χ0v) is 42.6. The number of quaternary nitrogens is 1. The maximum atomic E-state index is 12.7. The number of esters is 1. The summed E-state index contributed by atoms with van der Waals surface area (Å²) in [5.41, 5.74) is 0. The molecule has 0 heterocycles. The minimum atomic E-state index is -4.55. The van der Waals surface area contributed by atoms with Crippen molar-refractivity contribution in [3.63, 3.8) is 0 Å². The largest absolute Gasteiger partial charge is 0.756 e. The first-order chi connectivity index (χ1) is 31.1. The van der Waals surface area contributed by atoms with Crippen LogP contribution < -0.4 is 4.89 Å². The van der Waals surface area contributed by atoms with Gasteiger partial charge in [0.05, 0.1) is 34.4 Å². The number of nitrogens with zero attached hydrogens (tertiary/aromatic N) is 1. The lowest BCUT2D eigenvalue weighted by Gasteiger charge is -2.28. The molecular formula is C55H96NO7P. The summed E-state index contributed by atoms with van der Waals surface area (Å²) in [6, 6.07) is 0. The Balaban J connectivity index is 4.26. The molecule has 64 heavy (non-hydrogen) atoms. The minimum Gasteiger partial charge on any atom is -0.756 e. The summed E-state index contributed by atoms with van der Waals surface area (Å²) in [4.78, 5) is 25.2. The van der Waals surface area contributed by atoms with Crippen LogP contribution in [-0.4, -0.2) is 70.7 Å². The predicted octanol–water partition coefficient (Wildman–Crippen LogP) is 15.1. The molecule has 0 spiro atoms. The van der Waals surface area contributed by atoms with Gasteiger partial charge in [0.1, 0.15) is 19.3 Å². The molecule has 0 aliphatic carbocycles. The van der Waals surface area contributed by atoms with E-state index in [9.17, 15) is 14.3 Å². The summed E-state index contributed by atoms with van der Waals surface area (Å²) in [6.45, 7) is 5.22. The average Bonchev–Trinajstić information content (AvgIpc) is 3.25. The van der Waals surface area contributed by atoms with Gasteiger partial charge in [0.25, 0.3) is 7.82 Å². The zero-order chi connectivity index (χ0) is 46.9. The number of phosphoric acid groups is 1. The average molecular weight is 914 g/mol. The molecule has 0 fully saturated rings. The van der Waals surface area contributed by atoms with Crippen LogP contribution in [-0.2, 0) is 27.9 Å². The molecule has 0 saturated carbocycles. The van der Waals surface area contributed by atoms with Crippen LogP contribution in [0.25, 0.3) is 0 Å². The third-order valence-corrected chi connectivity index (χ3v) is 11.3. The van der Waals surface area contributed by atoms with E-state index in [2.05, 4.69) is 111 Å². The molecule has 0 aromatic carbocycles. The van der Waals surface area contributed by atoms with Crippen LogP contribution in [0.15, 0.2) is 97.2 Å². The highest BCUT2D eigenvalue weighted by Gasteiger charge is 2.20. The van der Waals surface area contributed by atoms with Crippen LogP contribution in [0.3, 0.4) is 0 Å². The third kappa shape index (κ3) is 50.4. The number of hydrogen-bond acceptors (Lipinski definition) is 7. The maximum Gasteiger partial charge on any atom is 0.306 e. The molecule has 2 unspecified atom stereocenters. The van der Waals surface area contributed by atoms with Gasteiger partial charge in [-0.05, 0) is 96.3 Å². The molecule has 0 aromatic rings. The van der Waals surface area contributed by atoms with E-state index in [1.807, 2.05) is 21.1 Å². The summed E-state index contributed by atoms with van der Waals surface area (Å²) >= 11 is 0. The fourth-order valence-electron chi connectivity index (χ4n) is 6.46. The molecule has 368 valence electrons. The van der Waals surface area contributed by atoms with Crippen molar-refractivity contribution in [2.45, 2.75) is 193 Å². The smallest absolute Gasteiger partial charge is 0.306 e. The van der Waals surface area contributed by atoms with E-state index < -0.39 is 13.9 Å². The first kappa shape index (κ1) is 61.4. The predicted molar refractivity (Wildman–Crippen MR) is 272 cm³/mol. The molecule has 0 N–H and O–H groups in total. The SMILES string of the molecule is CC/C=C\C/C=C\C/C=C\C/C=C\C/C=C\C/C=C\CCCCCCC(=O)OC(COCCCCCCCCCC/C=C\C/C=C\CCCCCC)COP(=O)([O-])OCC[N+](C)(C)C. The quantitative estimate of drug-likeness (QED) is 0.0197. The first-order valence-corrected chi connectivity index (χ1v) is 26.9. The molecule has 0 aromatic heterocycles. The topological polar surface area (TPSA) is 94.1 Å². The van der Waals surface area contributed by atoms with Gasteiger partial charge >= 0.3 is 5.97 Å². The molecular weight excluding hydrogens is 818 g/mol. The molecule has 0 bridgehead atoms. The third-order valence-electron chi connectivity index (χ3n) is 10.4.